The first-order valence-electron chi connectivity index (χ1n) is 6.80. The van der Waals surface area contributed by atoms with E-state index in [0.717, 1.165) is 0 Å². The lowest BCUT2D eigenvalue weighted by molar-refractivity contribution is 0.0426. The summed E-state index contributed by atoms with van der Waals surface area (Å²) in [7, 11) is 0. The highest BCUT2D eigenvalue weighted by atomic mass is 19.1. The predicted octanol–water partition coefficient (Wildman–Crippen LogP) is 1.79. The van der Waals surface area contributed by atoms with E-state index in [1.807, 2.05) is 0 Å². The number of aromatic nitrogens is 3. The molecule has 0 atom stereocenters. The van der Waals surface area contributed by atoms with E-state index in [-0.39, 0.29) is 41.4 Å². The average molecular weight is 329 g/mol. The number of anilines is 2. The molecule has 9 heteroatoms. The maximum absolute atomic E-state index is 13.7. The van der Waals surface area contributed by atoms with Gasteiger partial charge in [-0.15, -0.1) is 0 Å². The van der Waals surface area contributed by atoms with Gasteiger partial charge in [-0.25, -0.2) is 9.18 Å². The Morgan fingerprint density at radius 3 is 2.50 bits per heavy atom. The van der Waals surface area contributed by atoms with Gasteiger partial charge in [0.25, 0.3) is 0 Å². The molecule has 0 unspecified atom stereocenters. The molecule has 1 aromatic carbocycles. The Morgan fingerprint density at radius 1 is 1.08 bits per heavy atom. The molecule has 3 rings (SSSR count). The van der Waals surface area contributed by atoms with E-state index in [0.29, 0.717) is 0 Å². The van der Waals surface area contributed by atoms with Gasteiger partial charge in [0.15, 0.2) is 12.4 Å². The molecule has 0 saturated heterocycles. The molecule has 24 heavy (non-hydrogen) atoms. The van der Waals surface area contributed by atoms with Gasteiger partial charge in [-0.1, -0.05) is 12.1 Å². The lowest BCUT2D eigenvalue weighted by Gasteiger charge is -2.03. The molecule has 0 aliphatic rings. The number of carbonyl (C=O) groups excluding carboxylic acids is 1. The zero-order valence-corrected chi connectivity index (χ0v) is 12.3. The lowest BCUT2D eigenvalue weighted by Crippen LogP contribution is -2.10. The van der Waals surface area contributed by atoms with Crippen molar-refractivity contribution in [2.45, 2.75) is 6.61 Å². The van der Waals surface area contributed by atoms with Crippen molar-refractivity contribution in [3.05, 3.63) is 53.8 Å². The summed E-state index contributed by atoms with van der Waals surface area (Å²) in [6.45, 7) is -0.258. The molecule has 0 aliphatic carbocycles. The third-order valence-electron chi connectivity index (χ3n) is 3.00. The van der Waals surface area contributed by atoms with Crippen LogP contribution < -0.4 is 11.5 Å². The van der Waals surface area contributed by atoms with Gasteiger partial charge in [0.05, 0.1) is 5.56 Å². The lowest BCUT2D eigenvalue weighted by atomic mass is 10.1. The number of hydrogen-bond donors (Lipinski definition) is 2. The Bertz CT molecular complexity index is 876. The van der Waals surface area contributed by atoms with E-state index in [1.165, 1.54) is 18.2 Å². The van der Waals surface area contributed by atoms with Gasteiger partial charge in [0.2, 0.25) is 17.7 Å². The van der Waals surface area contributed by atoms with Gasteiger partial charge >= 0.3 is 5.97 Å². The maximum Gasteiger partial charge on any atom is 0.374 e. The zero-order chi connectivity index (χ0) is 17.1. The first-order chi connectivity index (χ1) is 11.5. The summed E-state index contributed by atoms with van der Waals surface area (Å²) in [4.78, 5) is 23.1. The van der Waals surface area contributed by atoms with Crippen LogP contribution in [0.1, 0.15) is 16.4 Å². The number of rotatable bonds is 4. The largest absolute Gasteiger partial charge is 0.452 e. The minimum Gasteiger partial charge on any atom is -0.452 e. The highest BCUT2D eigenvalue weighted by Gasteiger charge is 2.16. The molecular weight excluding hydrogens is 317 g/mol. The highest BCUT2D eigenvalue weighted by molar-refractivity contribution is 5.87. The first-order valence-corrected chi connectivity index (χ1v) is 6.80. The number of nitrogens with two attached hydrogens (primary N) is 2. The maximum atomic E-state index is 13.7. The van der Waals surface area contributed by atoms with E-state index >= 15 is 0 Å². The van der Waals surface area contributed by atoms with E-state index < -0.39 is 11.8 Å². The number of ether oxygens (including phenoxy) is 1. The van der Waals surface area contributed by atoms with E-state index in [9.17, 15) is 9.18 Å². The molecule has 0 bridgehead atoms. The van der Waals surface area contributed by atoms with Crippen molar-refractivity contribution in [2.75, 3.05) is 11.5 Å². The molecule has 122 valence electrons. The van der Waals surface area contributed by atoms with Crippen LogP contribution in [0.15, 0.2) is 40.8 Å². The normalized spacial score (nSPS) is 10.5. The fourth-order valence-electron chi connectivity index (χ4n) is 1.98. The van der Waals surface area contributed by atoms with Gasteiger partial charge in [-0.05, 0) is 24.3 Å². The van der Waals surface area contributed by atoms with Crippen molar-refractivity contribution >= 4 is 17.9 Å². The number of esters is 1. The summed E-state index contributed by atoms with van der Waals surface area (Å²) in [6, 6.07) is 8.93. The minimum atomic E-state index is -0.754. The number of hydrogen-bond acceptors (Lipinski definition) is 8. The topological polar surface area (TPSA) is 130 Å². The highest BCUT2D eigenvalue weighted by Crippen LogP contribution is 2.25. The molecule has 0 saturated carbocycles. The van der Waals surface area contributed by atoms with Crippen LogP contribution in [-0.4, -0.2) is 20.9 Å². The van der Waals surface area contributed by atoms with Crippen LogP contribution in [0.5, 0.6) is 0 Å². The Hall–Kier alpha value is -3.49. The van der Waals surface area contributed by atoms with Crippen molar-refractivity contribution < 1.29 is 18.3 Å². The molecule has 0 amide bonds. The summed E-state index contributed by atoms with van der Waals surface area (Å²) in [5, 5.41) is 0. The fourth-order valence-corrected chi connectivity index (χ4v) is 1.98. The molecule has 0 spiro atoms. The van der Waals surface area contributed by atoms with E-state index in [4.69, 9.17) is 20.6 Å². The molecule has 2 aromatic heterocycles. The SMILES string of the molecule is Nc1nc(N)nc(COC(=O)c2ccc(-c3ccccc3F)o2)n1. The Kier molecular flexibility index (Phi) is 4.06. The molecule has 8 nitrogen and oxygen atoms in total. The van der Waals surface area contributed by atoms with Crippen molar-refractivity contribution in [3.63, 3.8) is 0 Å². The number of nitrogens with zero attached hydrogens (tertiary/aromatic N) is 3. The summed E-state index contributed by atoms with van der Waals surface area (Å²) in [5.74, 6) is -1.12. The number of carbonyl (C=O) groups is 1. The van der Waals surface area contributed by atoms with Gasteiger partial charge in [-0.2, -0.15) is 15.0 Å². The van der Waals surface area contributed by atoms with Crippen molar-refractivity contribution in [1.82, 2.24) is 15.0 Å². The molecule has 0 fully saturated rings. The zero-order valence-electron chi connectivity index (χ0n) is 12.3. The average Bonchev–Trinajstić information content (AvgIpc) is 3.02. The second-order valence-electron chi connectivity index (χ2n) is 4.69. The number of benzene rings is 1. The quantitative estimate of drug-likeness (QED) is 0.693. The van der Waals surface area contributed by atoms with Crippen molar-refractivity contribution in [3.8, 4) is 11.3 Å². The van der Waals surface area contributed by atoms with Crippen LogP contribution in [0.25, 0.3) is 11.3 Å². The third kappa shape index (κ3) is 3.29. The van der Waals surface area contributed by atoms with Crippen molar-refractivity contribution in [1.29, 1.82) is 0 Å². The summed E-state index contributed by atoms with van der Waals surface area (Å²) >= 11 is 0. The van der Waals surface area contributed by atoms with E-state index in [2.05, 4.69) is 15.0 Å². The number of nitrogen functional groups attached to an aromatic ring is 2. The summed E-state index contributed by atoms with van der Waals surface area (Å²) in [5.41, 5.74) is 11.1. The van der Waals surface area contributed by atoms with Gasteiger partial charge in [0, 0.05) is 0 Å². The molecule has 0 radical (unpaired) electrons. The van der Waals surface area contributed by atoms with Crippen LogP contribution >= 0.6 is 0 Å². The third-order valence-corrected chi connectivity index (χ3v) is 3.00. The fraction of sp³-hybridized carbons (Fsp3) is 0.0667. The molecule has 4 N–H and O–H groups in total. The van der Waals surface area contributed by atoms with Crippen LogP contribution in [0.4, 0.5) is 16.3 Å². The minimum absolute atomic E-state index is 0.0756. The predicted molar refractivity (Wildman–Crippen MR) is 81.9 cm³/mol. The molecule has 0 aliphatic heterocycles. The summed E-state index contributed by atoms with van der Waals surface area (Å²) < 4.78 is 24.1. The van der Waals surface area contributed by atoms with Crippen LogP contribution in [-0.2, 0) is 11.3 Å². The van der Waals surface area contributed by atoms with Gasteiger partial charge < -0.3 is 20.6 Å². The first kappa shape index (κ1) is 15.4. The monoisotopic (exact) mass is 329 g/mol. The Morgan fingerprint density at radius 2 is 1.79 bits per heavy atom. The van der Waals surface area contributed by atoms with Crippen LogP contribution in [0, 0.1) is 5.82 Å². The molecule has 3 aromatic rings. The molecule has 2 heterocycles. The number of furan rings is 1. The second-order valence-corrected chi connectivity index (χ2v) is 4.69. The standard InChI is InChI=1S/C15H12FN5O3/c16-9-4-2-1-3-8(9)10-5-6-11(24-10)13(22)23-7-12-19-14(17)21-15(18)20-12/h1-6H,7H2,(H4,17,18,19,20,21). The Labute approximate surface area is 135 Å². The Balaban J connectivity index is 1.71. The number of halogens is 1. The van der Waals surface area contributed by atoms with Gasteiger partial charge in [-0.3, -0.25) is 0 Å². The smallest absolute Gasteiger partial charge is 0.374 e. The van der Waals surface area contributed by atoms with Crippen molar-refractivity contribution in [2.24, 2.45) is 0 Å². The van der Waals surface area contributed by atoms with Gasteiger partial charge in [0.1, 0.15) is 11.6 Å². The van der Waals surface area contributed by atoms with Crippen LogP contribution in [0.2, 0.25) is 0 Å². The molecular formula is C15H12FN5O3. The van der Waals surface area contributed by atoms with Crippen LogP contribution in [0.3, 0.4) is 0 Å². The summed E-state index contributed by atoms with van der Waals surface area (Å²) in [6.07, 6.45) is 0. The van der Waals surface area contributed by atoms with E-state index in [1.54, 1.807) is 18.2 Å². The second kappa shape index (κ2) is 6.32.